The molecule has 4 atom stereocenters. The predicted octanol–water partition coefficient (Wildman–Crippen LogP) is 5.07. The molecule has 1 aromatic carbocycles. The van der Waals surface area contributed by atoms with Gasteiger partial charge in [0.2, 0.25) is 17.7 Å². The number of pyridine rings is 1. The van der Waals surface area contributed by atoms with E-state index in [-0.39, 0.29) is 49.3 Å². The molecule has 4 aliphatic rings. The van der Waals surface area contributed by atoms with Crippen LogP contribution in [0.1, 0.15) is 95.3 Å². The SMILES string of the molecule is CCn1c(-c2cccnc2C(C)C)c2c3cc(ccc31)-c1csc(n1)C[C@H](NC(=O)[C@H](C1CCCC1)N(C)C(=O)CN(C)C(=O)[C@H]1CN1)C(=O)N1CCC[C@H](N1)C(=O)OCC(C)(C)C2. The molecule has 3 aliphatic heterocycles. The maximum absolute atomic E-state index is 14.7. The zero-order valence-electron chi connectivity index (χ0n) is 38.2. The fraction of sp³-hybridized carbons (Fsp3) is 0.562. The third-order valence-electron chi connectivity index (χ3n) is 13.3. The van der Waals surface area contributed by atoms with Gasteiger partial charge in [-0.1, -0.05) is 46.6 Å². The van der Waals surface area contributed by atoms with Crippen LogP contribution in [0.3, 0.4) is 0 Å². The Morgan fingerprint density at radius 1 is 1.08 bits per heavy atom. The lowest BCUT2D eigenvalue weighted by Gasteiger charge is -2.37. The van der Waals surface area contributed by atoms with Crippen LogP contribution in [0.15, 0.2) is 41.9 Å². The molecule has 6 heterocycles. The molecule has 3 N–H and O–H groups in total. The molecular formula is C48H63N9O6S. The van der Waals surface area contributed by atoms with Gasteiger partial charge in [-0.15, -0.1) is 11.3 Å². The van der Waals surface area contributed by atoms with Gasteiger partial charge in [0, 0.05) is 79.2 Å². The molecule has 0 radical (unpaired) electrons. The molecule has 1 saturated carbocycles. The molecule has 1 aliphatic carbocycles. The molecule has 16 heteroatoms. The van der Waals surface area contributed by atoms with Gasteiger partial charge in [0.1, 0.15) is 18.1 Å². The number of fused-ring (bicyclic) bond motifs is 6. The Balaban J connectivity index is 1.16. The van der Waals surface area contributed by atoms with Crippen LogP contribution in [0.25, 0.3) is 33.4 Å². The van der Waals surface area contributed by atoms with E-state index in [1.54, 1.807) is 14.1 Å². The Morgan fingerprint density at radius 3 is 2.56 bits per heavy atom. The van der Waals surface area contributed by atoms with Gasteiger partial charge in [0.05, 0.1) is 41.3 Å². The van der Waals surface area contributed by atoms with Gasteiger partial charge in [0.15, 0.2) is 0 Å². The second-order valence-corrected chi connectivity index (χ2v) is 20.1. The first-order chi connectivity index (χ1) is 30.6. The summed E-state index contributed by atoms with van der Waals surface area (Å²) < 4.78 is 8.48. The first-order valence-electron chi connectivity index (χ1n) is 23.0. The normalized spacial score (nSPS) is 21.9. The third kappa shape index (κ3) is 9.45. The van der Waals surface area contributed by atoms with Gasteiger partial charge >= 0.3 is 5.97 Å². The lowest BCUT2D eigenvalue weighted by atomic mass is 9.84. The number of aromatic nitrogens is 3. The van der Waals surface area contributed by atoms with Crippen molar-refractivity contribution in [2.24, 2.45) is 11.3 Å². The molecule has 15 nitrogen and oxygen atoms in total. The lowest BCUT2D eigenvalue weighted by molar-refractivity contribution is -0.155. The molecular weight excluding hydrogens is 831 g/mol. The molecule has 0 spiro atoms. The number of nitrogens with one attached hydrogen (secondary N) is 3. The van der Waals surface area contributed by atoms with Gasteiger partial charge in [-0.25, -0.2) is 10.4 Å². The van der Waals surface area contributed by atoms with Crippen molar-refractivity contribution >= 4 is 51.8 Å². The van der Waals surface area contributed by atoms with Crippen molar-refractivity contribution in [3.05, 3.63) is 58.2 Å². The smallest absolute Gasteiger partial charge is 0.324 e. The number of amides is 4. The summed E-state index contributed by atoms with van der Waals surface area (Å²) in [4.78, 5) is 82.5. The van der Waals surface area contributed by atoms with E-state index in [4.69, 9.17) is 14.7 Å². The largest absolute Gasteiger partial charge is 0.464 e. The van der Waals surface area contributed by atoms with Crippen LogP contribution in [0.4, 0.5) is 0 Å². The maximum atomic E-state index is 14.7. The first-order valence-corrected chi connectivity index (χ1v) is 23.9. The van der Waals surface area contributed by atoms with Crippen molar-refractivity contribution in [2.45, 2.75) is 123 Å². The van der Waals surface area contributed by atoms with E-state index in [0.717, 1.165) is 76.9 Å². The molecule has 2 saturated heterocycles. The van der Waals surface area contributed by atoms with Crippen molar-refractivity contribution < 1.29 is 28.7 Å². The minimum atomic E-state index is -1.06. The summed E-state index contributed by atoms with van der Waals surface area (Å²) in [5, 5.41) is 11.2. The zero-order chi connectivity index (χ0) is 45.4. The molecule has 4 aromatic rings. The summed E-state index contributed by atoms with van der Waals surface area (Å²) in [5.41, 5.74) is 9.83. The van der Waals surface area contributed by atoms with Gasteiger partial charge in [-0.3, -0.25) is 34.0 Å². The Morgan fingerprint density at radius 2 is 1.84 bits per heavy atom. The number of cyclic esters (lactones) is 1. The van der Waals surface area contributed by atoms with Crippen LogP contribution >= 0.6 is 11.3 Å². The molecule has 0 unspecified atom stereocenters. The molecule has 342 valence electrons. The van der Waals surface area contributed by atoms with Crippen molar-refractivity contribution in [3.63, 3.8) is 0 Å². The number of nitrogens with zero attached hydrogens (tertiary/aromatic N) is 6. The number of aryl methyl sites for hydroxylation is 1. The third-order valence-corrected chi connectivity index (χ3v) is 14.2. The number of hydrogen-bond acceptors (Lipinski definition) is 11. The standard InChI is InChI=1S/C48H63N9O6S/c1-8-56-38-18-17-30-21-32(38)33(43(56)31-15-11-19-49-41(31)28(2)3)23-48(4,5)27-63-47(62)34-16-12-20-57(53-34)46(61)35(22-39-51-37(30)26-64-39)52-44(59)42(29-13-9-10-14-29)55(7)40(58)25-54(6)45(60)36-24-50-36/h11,15,17-19,21,26,28-29,34-36,42,50,53H,8-10,12-14,16,20,22-25,27H2,1-7H3,(H,52,59)/t34-,35-,36+,42-/m0/s1. The van der Waals surface area contributed by atoms with Crippen LogP contribution in [-0.2, 0) is 48.1 Å². The van der Waals surface area contributed by atoms with E-state index in [0.29, 0.717) is 37.4 Å². The number of rotatable bonds is 10. The fourth-order valence-corrected chi connectivity index (χ4v) is 10.7. The quantitative estimate of drug-likeness (QED) is 0.144. The number of hydrazine groups is 1. The molecule has 8 rings (SSSR count). The number of ether oxygens (including phenoxy) is 1. The van der Waals surface area contributed by atoms with Crippen LogP contribution < -0.4 is 16.1 Å². The molecule has 3 fully saturated rings. The molecule has 64 heavy (non-hydrogen) atoms. The van der Waals surface area contributed by atoms with E-state index in [2.05, 4.69) is 79.5 Å². The van der Waals surface area contributed by atoms with E-state index in [1.165, 1.54) is 26.1 Å². The Kier molecular flexibility index (Phi) is 13.3. The van der Waals surface area contributed by atoms with E-state index in [1.807, 2.05) is 17.6 Å². The summed E-state index contributed by atoms with van der Waals surface area (Å²) in [6.45, 7) is 12.4. The van der Waals surface area contributed by atoms with Gasteiger partial charge in [-0.05, 0) is 80.7 Å². The minimum Gasteiger partial charge on any atom is -0.464 e. The molecule has 3 aromatic heterocycles. The van der Waals surface area contributed by atoms with E-state index >= 15 is 0 Å². The van der Waals surface area contributed by atoms with Crippen molar-refractivity contribution in [2.75, 3.05) is 40.3 Å². The van der Waals surface area contributed by atoms with Crippen molar-refractivity contribution in [1.29, 1.82) is 0 Å². The highest BCUT2D eigenvalue weighted by Crippen LogP contribution is 2.42. The highest BCUT2D eigenvalue weighted by Gasteiger charge is 2.41. The lowest BCUT2D eigenvalue weighted by Crippen LogP contribution is -2.62. The number of likely N-dealkylation sites (N-methyl/N-ethyl adjacent to an activating group) is 2. The number of carbonyl (C=O) groups is 5. The molecule has 6 bridgehead atoms. The number of benzene rings is 1. The minimum absolute atomic E-state index is 0.0975. The van der Waals surface area contributed by atoms with Gasteiger partial charge in [0.25, 0.3) is 5.91 Å². The summed E-state index contributed by atoms with van der Waals surface area (Å²) in [5.74, 6) is -1.71. The maximum Gasteiger partial charge on any atom is 0.324 e. The van der Waals surface area contributed by atoms with Crippen LogP contribution in [0.2, 0.25) is 0 Å². The highest BCUT2D eigenvalue weighted by molar-refractivity contribution is 7.10. The Labute approximate surface area is 379 Å². The van der Waals surface area contributed by atoms with Crippen LogP contribution in [-0.4, -0.2) is 123 Å². The van der Waals surface area contributed by atoms with E-state index in [9.17, 15) is 24.0 Å². The second-order valence-electron chi connectivity index (χ2n) is 19.2. The Hall–Kier alpha value is -5.19. The second kappa shape index (κ2) is 18.7. The van der Waals surface area contributed by atoms with Crippen molar-refractivity contribution in [1.82, 2.24) is 45.4 Å². The first kappa shape index (κ1) is 45.4. The fourth-order valence-electron chi connectivity index (χ4n) is 9.87. The van der Waals surface area contributed by atoms with E-state index < -0.39 is 41.3 Å². The summed E-state index contributed by atoms with van der Waals surface area (Å²) in [6.07, 6.45) is 6.98. The van der Waals surface area contributed by atoms with Gasteiger partial charge in [-0.2, -0.15) is 0 Å². The number of esters is 1. The summed E-state index contributed by atoms with van der Waals surface area (Å²) in [7, 11) is 3.21. The van der Waals surface area contributed by atoms with Gasteiger partial charge < -0.3 is 29.7 Å². The summed E-state index contributed by atoms with van der Waals surface area (Å²) >= 11 is 1.43. The average Bonchev–Trinajstić information content (AvgIpc) is 3.64. The monoisotopic (exact) mass is 893 g/mol. The number of thiazole rings is 1. The summed E-state index contributed by atoms with van der Waals surface area (Å²) in [6, 6.07) is 7.63. The number of carbonyl (C=O) groups excluding carboxylic acids is 5. The zero-order valence-corrected chi connectivity index (χ0v) is 39.1. The highest BCUT2D eigenvalue weighted by atomic mass is 32.1. The average molecular weight is 894 g/mol. The Bertz CT molecular complexity index is 2420. The number of hydrogen-bond donors (Lipinski definition) is 3. The topological polar surface area (TPSA) is 181 Å². The van der Waals surface area contributed by atoms with Crippen molar-refractivity contribution in [3.8, 4) is 22.5 Å². The van der Waals surface area contributed by atoms with Crippen LogP contribution in [0.5, 0.6) is 0 Å². The predicted molar refractivity (Wildman–Crippen MR) is 246 cm³/mol. The van der Waals surface area contributed by atoms with Crippen LogP contribution in [0, 0.1) is 11.3 Å². The molecule has 4 amide bonds.